The second kappa shape index (κ2) is 12.0. The van der Waals surface area contributed by atoms with Crippen molar-refractivity contribution in [2.45, 2.75) is 20.3 Å². The molecule has 0 atom stereocenters. The molecule has 168 valence electrons. The predicted molar refractivity (Wildman–Crippen MR) is 132 cm³/mol. The van der Waals surface area contributed by atoms with Gasteiger partial charge in [-0.25, -0.2) is 5.43 Å². The van der Waals surface area contributed by atoms with E-state index < -0.39 is 0 Å². The Morgan fingerprint density at radius 1 is 0.939 bits per heavy atom. The van der Waals surface area contributed by atoms with Crippen molar-refractivity contribution in [1.29, 1.82) is 0 Å². The lowest BCUT2D eigenvalue weighted by Gasteiger charge is -2.07. The molecule has 0 aromatic heterocycles. The fourth-order valence-corrected chi connectivity index (χ4v) is 2.93. The number of ether oxygens (including phenoxy) is 1. The molecule has 2 N–H and O–H groups in total. The smallest absolute Gasteiger partial charge is 0.271 e. The molecule has 3 aromatic rings. The van der Waals surface area contributed by atoms with Gasteiger partial charge in [0.2, 0.25) is 5.91 Å². The molecule has 6 heteroatoms. The normalized spacial score (nSPS) is 11.3. The second-order valence-corrected chi connectivity index (χ2v) is 7.33. The van der Waals surface area contributed by atoms with E-state index >= 15 is 0 Å². The Morgan fingerprint density at radius 3 is 2.42 bits per heavy atom. The Labute approximate surface area is 194 Å². The molecule has 6 nitrogen and oxygen atoms in total. The summed E-state index contributed by atoms with van der Waals surface area (Å²) in [7, 11) is 0. The zero-order valence-electron chi connectivity index (χ0n) is 18.7. The quantitative estimate of drug-likeness (QED) is 0.269. The fraction of sp³-hybridized carbons (Fsp3) is 0.148. The molecular weight excluding hydrogens is 414 g/mol. The van der Waals surface area contributed by atoms with Crippen LogP contribution in [0.3, 0.4) is 0 Å². The molecule has 0 aliphatic rings. The molecule has 0 saturated heterocycles. The monoisotopic (exact) mass is 441 g/mol. The first-order valence-corrected chi connectivity index (χ1v) is 10.8. The summed E-state index contributed by atoms with van der Waals surface area (Å²) in [4.78, 5) is 24.6. The van der Waals surface area contributed by atoms with Gasteiger partial charge in [0.05, 0.1) is 12.3 Å². The van der Waals surface area contributed by atoms with Crippen molar-refractivity contribution in [2.75, 3.05) is 11.9 Å². The summed E-state index contributed by atoms with van der Waals surface area (Å²) in [5, 5.41) is 7.04. The van der Waals surface area contributed by atoms with Gasteiger partial charge >= 0.3 is 0 Å². The van der Waals surface area contributed by atoms with Gasteiger partial charge in [0.1, 0.15) is 5.75 Å². The molecule has 0 spiro atoms. The maximum absolute atomic E-state index is 12.4. The van der Waals surface area contributed by atoms with Crippen LogP contribution in [0.25, 0.3) is 6.08 Å². The number of nitrogens with one attached hydrogen (secondary N) is 2. The highest BCUT2D eigenvalue weighted by atomic mass is 16.5. The largest absolute Gasteiger partial charge is 0.494 e. The minimum atomic E-state index is -0.313. The van der Waals surface area contributed by atoms with Gasteiger partial charge in [-0.15, -0.1) is 0 Å². The molecule has 0 bridgehead atoms. The Bertz CT molecular complexity index is 1140. The van der Waals surface area contributed by atoms with E-state index in [4.69, 9.17) is 4.74 Å². The lowest BCUT2D eigenvalue weighted by molar-refractivity contribution is -0.111. The van der Waals surface area contributed by atoms with Crippen molar-refractivity contribution in [2.24, 2.45) is 5.10 Å². The van der Waals surface area contributed by atoms with Crippen LogP contribution in [0.5, 0.6) is 5.75 Å². The molecule has 0 aliphatic carbocycles. The first-order chi connectivity index (χ1) is 16.0. The summed E-state index contributed by atoms with van der Waals surface area (Å²) in [6.45, 7) is 4.46. The van der Waals surface area contributed by atoms with E-state index in [0.717, 1.165) is 23.3 Å². The standard InChI is InChI=1S/C27H27N3O3/c1-3-18-33-25-15-13-22(14-16-25)27(32)30-29-20(2)23-10-7-11-24(19-23)28-26(31)17-12-21-8-5-4-6-9-21/h4-17,19H,3,18H2,1-2H3,(H,28,31)(H,30,32). The van der Waals surface area contributed by atoms with Gasteiger partial charge in [-0.05, 0) is 66.9 Å². The van der Waals surface area contributed by atoms with E-state index in [1.807, 2.05) is 49.4 Å². The maximum atomic E-state index is 12.4. The van der Waals surface area contributed by atoms with Crippen LogP contribution in [0.1, 0.15) is 41.8 Å². The first-order valence-electron chi connectivity index (χ1n) is 10.8. The molecule has 3 rings (SSSR count). The number of anilines is 1. The minimum absolute atomic E-state index is 0.231. The van der Waals surface area contributed by atoms with Crippen molar-refractivity contribution < 1.29 is 14.3 Å². The summed E-state index contributed by atoms with van der Waals surface area (Å²) in [6.07, 6.45) is 4.16. The number of hydrazone groups is 1. The number of rotatable bonds is 9. The summed E-state index contributed by atoms with van der Waals surface area (Å²) in [5.74, 6) is 0.183. The van der Waals surface area contributed by atoms with E-state index in [9.17, 15) is 9.59 Å². The number of benzene rings is 3. The molecule has 0 fully saturated rings. The van der Waals surface area contributed by atoms with Crippen LogP contribution in [0, 0.1) is 0 Å². The minimum Gasteiger partial charge on any atom is -0.494 e. The van der Waals surface area contributed by atoms with Crippen LogP contribution >= 0.6 is 0 Å². The average Bonchev–Trinajstić information content (AvgIpc) is 2.85. The highest BCUT2D eigenvalue weighted by Gasteiger charge is 2.06. The van der Waals surface area contributed by atoms with Crippen molar-refractivity contribution >= 4 is 29.3 Å². The van der Waals surface area contributed by atoms with Crippen molar-refractivity contribution in [3.05, 3.63) is 102 Å². The molecule has 0 unspecified atom stereocenters. The molecule has 0 heterocycles. The molecule has 0 aliphatic heterocycles. The highest BCUT2D eigenvalue weighted by Crippen LogP contribution is 2.14. The Hall–Kier alpha value is -4.19. The van der Waals surface area contributed by atoms with Crippen LogP contribution in [0.2, 0.25) is 0 Å². The number of carbonyl (C=O) groups excluding carboxylic acids is 2. The molecule has 33 heavy (non-hydrogen) atoms. The Balaban J connectivity index is 1.59. The SMILES string of the molecule is CCCOc1ccc(C(=O)NN=C(C)c2cccc(NC(=O)C=Cc3ccccc3)c2)cc1. The zero-order valence-corrected chi connectivity index (χ0v) is 18.7. The van der Waals surface area contributed by atoms with E-state index in [1.54, 1.807) is 49.4 Å². The second-order valence-electron chi connectivity index (χ2n) is 7.33. The Kier molecular flexibility index (Phi) is 8.54. The molecule has 2 amide bonds. The lowest BCUT2D eigenvalue weighted by atomic mass is 10.1. The Morgan fingerprint density at radius 2 is 1.70 bits per heavy atom. The third-order valence-corrected chi connectivity index (χ3v) is 4.69. The van der Waals surface area contributed by atoms with E-state index in [-0.39, 0.29) is 11.8 Å². The van der Waals surface area contributed by atoms with E-state index in [1.165, 1.54) is 6.08 Å². The van der Waals surface area contributed by atoms with Gasteiger partial charge < -0.3 is 10.1 Å². The highest BCUT2D eigenvalue weighted by molar-refractivity contribution is 6.04. The summed E-state index contributed by atoms with van der Waals surface area (Å²) in [5.41, 5.74) is 6.04. The number of carbonyl (C=O) groups is 2. The lowest BCUT2D eigenvalue weighted by Crippen LogP contribution is -2.19. The summed E-state index contributed by atoms with van der Waals surface area (Å²) in [6, 6.07) is 23.8. The first kappa shape index (κ1) is 23.5. The van der Waals surface area contributed by atoms with Crippen LogP contribution in [0.15, 0.2) is 90.0 Å². The molecule has 3 aromatic carbocycles. The van der Waals surface area contributed by atoms with Gasteiger partial charge in [0, 0.05) is 17.3 Å². The molecular formula is C27H27N3O3. The zero-order chi connectivity index (χ0) is 23.5. The summed E-state index contributed by atoms with van der Waals surface area (Å²) >= 11 is 0. The number of amides is 2. The average molecular weight is 442 g/mol. The van der Waals surface area contributed by atoms with Gasteiger partial charge in [0.25, 0.3) is 5.91 Å². The topological polar surface area (TPSA) is 79.8 Å². The van der Waals surface area contributed by atoms with Crippen LogP contribution < -0.4 is 15.5 Å². The fourth-order valence-electron chi connectivity index (χ4n) is 2.93. The van der Waals surface area contributed by atoms with Crippen molar-refractivity contribution in [3.63, 3.8) is 0 Å². The van der Waals surface area contributed by atoms with E-state index in [0.29, 0.717) is 23.6 Å². The van der Waals surface area contributed by atoms with Crippen LogP contribution in [-0.4, -0.2) is 24.1 Å². The van der Waals surface area contributed by atoms with Crippen LogP contribution in [0.4, 0.5) is 5.69 Å². The van der Waals surface area contributed by atoms with Gasteiger partial charge in [-0.2, -0.15) is 5.10 Å². The predicted octanol–water partition coefficient (Wildman–Crippen LogP) is 5.28. The van der Waals surface area contributed by atoms with Crippen LogP contribution in [-0.2, 0) is 4.79 Å². The van der Waals surface area contributed by atoms with Crippen molar-refractivity contribution in [3.8, 4) is 5.75 Å². The third-order valence-electron chi connectivity index (χ3n) is 4.69. The molecule has 0 saturated carbocycles. The van der Waals surface area contributed by atoms with Gasteiger partial charge in [-0.1, -0.05) is 49.4 Å². The van der Waals surface area contributed by atoms with Gasteiger partial charge in [-0.3, -0.25) is 9.59 Å². The number of hydrogen-bond donors (Lipinski definition) is 2. The number of hydrogen-bond acceptors (Lipinski definition) is 4. The number of nitrogens with zero attached hydrogens (tertiary/aromatic N) is 1. The molecule has 0 radical (unpaired) electrons. The van der Waals surface area contributed by atoms with Crippen molar-refractivity contribution in [1.82, 2.24) is 5.43 Å². The maximum Gasteiger partial charge on any atom is 0.271 e. The third kappa shape index (κ3) is 7.47. The van der Waals surface area contributed by atoms with E-state index in [2.05, 4.69) is 15.8 Å². The summed E-state index contributed by atoms with van der Waals surface area (Å²) < 4.78 is 5.53. The van der Waals surface area contributed by atoms with Gasteiger partial charge in [0.15, 0.2) is 0 Å².